The fraction of sp³-hybridized carbons (Fsp3) is 0.462. The maximum atomic E-state index is 11.6. The number of benzene rings is 1. The van der Waals surface area contributed by atoms with E-state index in [0.29, 0.717) is 13.2 Å². The number of aryl methyl sites for hydroxylation is 1. The molecule has 0 aromatic heterocycles. The zero-order chi connectivity index (χ0) is 11.5. The van der Waals surface area contributed by atoms with Gasteiger partial charge in [-0.2, -0.15) is 0 Å². The van der Waals surface area contributed by atoms with Gasteiger partial charge in [0.25, 0.3) is 0 Å². The van der Waals surface area contributed by atoms with Crippen molar-refractivity contribution in [1.29, 1.82) is 0 Å². The Morgan fingerprint density at radius 3 is 3.12 bits per heavy atom. The first kappa shape index (κ1) is 11.0. The van der Waals surface area contributed by atoms with Gasteiger partial charge in [-0.15, -0.1) is 0 Å². The lowest BCUT2D eigenvalue weighted by Crippen LogP contribution is -2.29. The minimum atomic E-state index is -0.158. The molecule has 0 bridgehead atoms. The predicted octanol–water partition coefficient (Wildman–Crippen LogP) is 2.11. The zero-order valence-corrected chi connectivity index (χ0v) is 9.66. The van der Waals surface area contributed by atoms with E-state index in [1.54, 1.807) is 0 Å². The smallest absolute Gasteiger partial charge is 0.312 e. The van der Waals surface area contributed by atoms with Gasteiger partial charge in [0.2, 0.25) is 0 Å². The summed E-state index contributed by atoms with van der Waals surface area (Å²) in [4.78, 5) is 11.6. The number of hydrogen-bond donors (Lipinski definition) is 0. The molecule has 0 aliphatic carbocycles. The highest BCUT2D eigenvalue weighted by Crippen LogP contribution is 2.28. The van der Waals surface area contributed by atoms with Crippen LogP contribution >= 0.6 is 0 Å². The number of ether oxygens (including phenoxy) is 2. The predicted molar refractivity (Wildman–Crippen MR) is 60.5 cm³/mol. The molecular formula is C13H16O3. The lowest BCUT2D eigenvalue weighted by molar-refractivity contribution is -0.149. The fourth-order valence-corrected chi connectivity index (χ4v) is 1.93. The number of hydrogen-bond acceptors (Lipinski definition) is 3. The average Bonchev–Trinajstić information content (AvgIpc) is 2.28. The van der Waals surface area contributed by atoms with E-state index in [2.05, 4.69) is 6.07 Å². The molecule has 86 valence electrons. The van der Waals surface area contributed by atoms with Crippen molar-refractivity contribution in [1.82, 2.24) is 0 Å². The van der Waals surface area contributed by atoms with Crippen LogP contribution < -0.4 is 4.74 Å². The monoisotopic (exact) mass is 220 g/mol. The van der Waals surface area contributed by atoms with Crippen LogP contribution in [0.5, 0.6) is 5.75 Å². The summed E-state index contributed by atoms with van der Waals surface area (Å²) < 4.78 is 10.6. The van der Waals surface area contributed by atoms with Gasteiger partial charge in [0.15, 0.2) is 0 Å². The molecule has 1 aromatic carbocycles. The Hall–Kier alpha value is -1.51. The largest absolute Gasteiger partial charge is 0.492 e. The van der Waals surface area contributed by atoms with Crippen LogP contribution in [0.3, 0.4) is 0 Å². The zero-order valence-electron chi connectivity index (χ0n) is 9.66. The molecule has 3 heteroatoms. The molecule has 0 saturated carbocycles. The van der Waals surface area contributed by atoms with Crippen molar-refractivity contribution in [3.63, 3.8) is 0 Å². The highest BCUT2D eigenvalue weighted by Gasteiger charge is 2.26. The average molecular weight is 220 g/mol. The van der Waals surface area contributed by atoms with Crippen molar-refractivity contribution in [2.75, 3.05) is 13.2 Å². The van der Waals surface area contributed by atoms with Crippen molar-refractivity contribution in [3.8, 4) is 5.75 Å². The third kappa shape index (κ3) is 2.18. The minimum Gasteiger partial charge on any atom is -0.492 e. The first-order chi connectivity index (χ1) is 7.70. The second kappa shape index (κ2) is 4.56. The molecule has 3 nitrogen and oxygen atoms in total. The highest BCUT2D eigenvalue weighted by molar-refractivity contribution is 5.73. The molecule has 0 N–H and O–H groups in total. The van der Waals surface area contributed by atoms with E-state index in [-0.39, 0.29) is 11.9 Å². The lowest BCUT2D eigenvalue weighted by atomic mass is 9.95. The third-order valence-corrected chi connectivity index (χ3v) is 2.74. The Labute approximate surface area is 95.4 Å². The lowest BCUT2D eigenvalue weighted by Gasteiger charge is -2.24. The standard InChI is InChI=1S/C13H16O3/c1-3-15-13(14)11-7-10-6-9(2)4-5-12(10)16-8-11/h4-6,11H,3,7-8H2,1-2H3. The van der Waals surface area contributed by atoms with E-state index in [0.717, 1.165) is 17.7 Å². The molecular weight excluding hydrogens is 204 g/mol. The Morgan fingerprint density at radius 1 is 1.56 bits per heavy atom. The summed E-state index contributed by atoms with van der Waals surface area (Å²) in [5.41, 5.74) is 2.29. The van der Waals surface area contributed by atoms with Crippen LogP contribution in [-0.4, -0.2) is 19.2 Å². The van der Waals surface area contributed by atoms with E-state index >= 15 is 0 Å². The van der Waals surface area contributed by atoms with Crippen molar-refractivity contribution in [2.45, 2.75) is 20.3 Å². The van der Waals surface area contributed by atoms with Crippen LogP contribution in [0, 0.1) is 12.8 Å². The van der Waals surface area contributed by atoms with Gasteiger partial charge in [-0.25, -0.2) is 0 Å². The highest BCUT2D eigenvalue weighted by atomic mass is 16.5. The molecule has 0 radical (unpaired) electrons. The van der Waals surface area contributed by atoms with Gasteiger partial charge in [-0.05, 0) is 31.9 Å². The second-order valence-corrected chi connectivity index (χ2v) is 4.08. The van der Waals surface area contributed by atoms with Gasteiger partial charge in [0.05, 0.1) is 12.5 Å². The summed E-state index contributed by atoms with van der Waals surface area (Å²) in [5, 5.41) is 0. The van der Waals surface area contributed by atoms with Crippen molar-refractivity contribution >= 4 is 5.97 Å². The Morgan fingerprint density at radius 2 is 2.38 bits per heavy atom. The van der Waals surface area contributed by atoms with Gasteiger partial charge in [-0.1, -0.05) is 17.7 Å². The van der Waals surface area contributed by atoms with Crippen LogP contribution in [0.15, 0.2) is 18.2 Å². The molecule has 0 amide bonds. The van der Waals surface area contributed by atoms with Gasteiger partial charge in [-0.3, -0.25) is 4.79 Å². The summed E-state index contributed by atoms with van der Waals surface area (Å²) >= 11 is 0. The van der Waals surface area contributed by atoms with Crippen LogP contribution in [-0.2, 0) is 16.0 Å². The van der Waals surface area contributed by atoms with E-state index in [1.165, 1.54) is 5.56 Å². The van der Waals surface area contributed by atoms with Crippen LogP contribution in [0.25, 0.3) is 0 Å². The summed E-state index contributed by atoms with van der Waals surface area (Å²) in [7, 11) is 0. The summed E-state index contributed by atoms with van der Waals surface area (Å²) in [5.74, 6) is 0.579. The van der Waals surface area contributed by atoms with E-state index in [1.807, 2.05) is 26.0 Å². The molecule has 1 heterocycles. The SMILES string of the molecule is CCOC(=O)C1COc2ccc(C)cc2C1. The molecule has 0 fully saturated rings. The van der Waals surface area contributed by atoms with Crippen molar-refractivity contribution < 1.29 is 14.3 Å². The van der Waals surface area contributed by atoms with Gasteiger partial charge >= 0.3 is 5.97 Å². The third-order valence-electron chi connectivity index (χ3n) is 2.74. The Balaban J connectivity index is 2.13. The van der Waals surface area contributed by atoms with Crippen LogP contribution in [0.2, 0.25) is 0 Å². The number of carbonyl (C=O) groups is 1. The van der Waals surface area contributed by atoms with E-state index in [4.69, 9.17) is 9.47 Å². The van der Waals surface area contributed by atoms with Gasteiger partial charge in [0, 0.05) is 0 Å². The number of esters is 1. The molecule has 1 unspecified atom stereocenters. The maximum Gasteiger partial charge on any atom is 0.312 e. The van der Waals surface area contributed by atoms with Crippen molar-refractivity contribution in [2.24, 2.45) is 5.92 Å². The Kier molecular flexibility index (Phi) is 3.13. The first-order valence-corrected chi connectivity index (χ1v) is 5.59. The molecule has 0 spiro atoms. The molecule has 1 aliphatic rings. The summed E-state index contributed by atoms with van der Waals surface area (Å²) in [6, 6.07) is 6.05. The topological polar surface area (TPSA) is 35.5 Å². The molecule has 0 saturated heterocycles. The van der Waals surface area contributed by atoms with Crippen molar-refractivity contribution in [3.05, 3.63) is 29.3 Å². The van der Waals surface area contributed by atoms with E-state index in [9.17, 15) is 4.79 Å². The normalized spacial score (nSPS) is 18.5. The molecule has 2 rings (SSSR count). The quantitative estimate of drug-likeness (QED) is 0.716. The molecule has 1 aliphatic heterocycles. The van der Waals surface area contributed by atoms with Gasteiger partial charge < -0.3 is 9.47 Å². The fourth-order valence-electron chi connectivity index (χ4n) is 1.93. The van der Waals surface area contributed by atoms with Gasteiger partial charge in [0.1, 0.15) is 12.4 Å². The first-order valence-electron chi connectivity index (χ1n) is 5.59. The van der Waals surface area contributed by atoms with Crippen LogP contribution in [0.4, 0.5) is 0 Å². The van der Waals surface area contributed by atoms with E-state index < -0.39 is 0 Å². The minimum absolute atomic E-state index is 0.158. The second-order valence-electron chi connectivity index (χ2n) is 4.08. The Bertz CT molecular complexity index is 398. The number of fused-ring (bicyclic) bond motifs is 1. The number of carbonyl (C=O) groups excluding carboxylic acids is 1. The molecule has 1 atom stereocenters. The number of rotatable bonds is 2. The molecule has 1 aromatic rings. The van der Waals surface area contributed by atoms with Crippen LogP contribution in [0.1, 0.15) is 18.1 Å². The molecule has 16 heavy (non-hydrogen) atoms. The summed E-state index contributed by atoms with van der Waals surface area (Å²) in [6.45, 7) is 4.71. The summed E-state index contributed by atoms with van der Waals surface area (Å²) in [6.07, 6.45) is 0.718. The maximum absolute atomic E-state index is 11.6.